The van der Waals surface area contributed by atoms with Crippen LogP contribution in [0.5, 0.6) is 23.0 Å². The maximum absolute atomic E-state index is 9.64. The normalized spacial score (nSPS) is 10.7. The molecule has 0 bridgehead atoms. The SMILES string of the molecule is COc1cccc(CCc2cccc(Oc3cccc(CCc4cccc(O)c4)c3)c2)c1. The largest absolute Gasteiger partial charge is 0.508 e. The van der Waals surface area contributed by atoms with E-state index in [-0.39, 0.29) is 0 Å². The minimum absolute atomic E-state index is 0.311. The third-order valence-electron chi connectivity index (χ3n) is 5.48. The van der Waals surface area contributed by atoms with Crippen molar-refractivity contribution in [3.63, 3.8) is 0 Å². The number of aromatic hydroxyl groups is 1. The van der Waals surface area contributed by atoms with Gasteiger partial charge in [-0.25, -0.2) is 0 Å². The Hall–Kier alpha value is -3.72. The van der Waals surface area contributed by atoms with E-state index in [1.54, 1.807) is 13.2 Å². The summed E-state index contributed by atoms with van der Waals surface area (Å²) in [6.07, 6.45) is 3.65. The van der Waals surface area contributed by atoms with Gasteiger partial charge >= 0.3 is 0 Å². The zero-order valence-electron chi connectivity index (χ0n) is 18.3. The molecule has 3 nitrogen and oxygen atoms in total. The van der Waals surface area contributed by atoms with Crippen LogP contribution < -0.4 is 9.47 Å². The molecule has 0 aliphatic heterocycles. The molecule has 0 aliphatic carbocycles. The summed E-state index contributed by atoms with van der Waals surface area (Å²) in [7, 11) is 1.70. The molecule has 0 aliphatic rings. The van der Waals surface area contributed by atoms with Crippen molar-refractivity contribution in [3.05, 3.63) is 119 Å². The molecule has 32 heavy (non-hydrogen) atoms. The van der Waals surface area contributed by atoms with Crippen molar-refractivity contribution in [2.75, 3.05) is 7.11 Å². The molecule has 4 aromatic rings. The number of phenolic OH excluding ortho intramolecular Hbond substituents is 1. The Bertz CT molecular complexity index is 1170. The van der Waals surface area contributed by atoms with Crippen molar-refractivity contribution >= 4 is 0 Å². The summed E-state index contributed by atoms with van der Waals surface area (Å²) in [5, 5.41) is 9.64. The smallest absolute Gasteiger partial charge is 0.127 e. The summed E-state index contributed by atoms with van der Waals surface area (Å²) >= 11 is 0. The average molecular weight is 425 g/mol. The Labute approximate surface area is 189 Å². The van der Waals surface area contributed by atoms with Crippen LogP contribution in [0.3, 0.4) is 0 Å². The van der Waals surface area contributed by atoms with Gasteiger partial charge in [-0.3, -0.25) is 0 Å². The molecule has 3 heteroatoms. The number of phenols is 1. The van der Waals surface area contributed by atoms with Gasteiger partial charge in [0.05, 0.1) is 7.11 Å². The molecular formula is C29H28O3. The van der Waals surface area contributed by atoms with Gasteiger partial charge in [-0.15, -0.1) is 0 Å². The lowest BCUT2D eigenvalue weighted by Gasteiger charge is -2.10. The molecule has 4 aromatic carbocycles. The molecule has 0 fully saturated rings. The van der Waals surface area contributed by atoms with Gasteiger partial charge in [0.25, 0.3) is 0 Å². The standard InChI is InChI=1S/C29H28O3/c1-31-27-11-3-7-23(19-27)16-17-25-9-5-13-29(21-25)32-28-12-4-8-24(20-28)15-14-22-6-2-10-26(30)18-22/h2-13,18-21,30H,14-17H2,1H3. The van der Waals surface area contributed by atoms with E-state index < -0.39 is 0 Å². The first kappa shape index (κ1) is 21.5. The van der Waals surface area contributed by atoms with Gasteiger partial charge in [-0.05, 0) is 96.5 Å². The quantitative estimate of drug-likeness (QED) is 0.322. The van der Waals surface area contributed by atoms with E-state index in [9.17, 15) is 5.11 Å². The zero-order valence-corrected chi connectivity index (χ0v) is 18.3. The molecule has 162 valence electrons. The number of ether oxygens (including phenoxy) is 2. The van der Waals surface area contributed by atoms with Gasteiger partial charge in [-0.2, -0.15) is 0 Å². The van der Waals surface area contributed by atoms with Gasteiger partial charge in [-0.1, -0.05) is 48.5 Å². The van der Waals surface area contributed by atoms with E-state index >= 15 is 0 Å². The molecule has 0 saturated heterocycles. The lowest BCUT2D eigenvalue weighted by Crippen LogP contribution is -1.94. The van der Waals surface area contributed by atoms with Crippen molar-refractivity contribution < 1.29 is 14.6 Å². The van der Waals surface area contributed by atoms with E-state index in [0.717, 1.165) is 48.5 Å². The van der Waals surface area contributed by atoms with Crippen LogP contribution in [0.15, 0.2) is 97.1 Å². The fourth-order valence-electron chi connectivity index (χ4n) is 3.78. The molecule has 1 N–H and O–H groups in total. The number of aryl methyl sites for hydroxylation is 4. The van der Waals surface area contributed by atoms with Crippen molar-refractivity contribution in [2.45, 2.75) is 25.7 Å². The molecule has 0 radical (unpaired) electrons. The minimum atomic E-state index is 0.311. The number of hydrogen-bond donors (Lipinski definition) is 1. The second-order valence-electron chi connectivity index (χ2n) is 7.92. The summed E-state index contributed by atoms with van der Waals surface area (Å²) in [5.41, 5.74) is 4.83. The Morgan fingerprint density at radius 1 is 0.531 bits per heavy atom. The van der Waals surface area contributed by atoms with Crippen molar-refractivity contribution in [1.82, 2.24) is 0 Å². The summed E-state index contributed by atoms with van der Waals surface area (Å²) in [4.78, 5) is 0. The van der Waals surface area contributed by atoms with Gasteiger partial charge in [0.1, 0.15) is 23.0 Å². The summed E-state index contributed by atoms with van der Waals surface area (Å²) < 4.78 is 11.5. The molecule has 0 heterocycles. The van der Waals surface area contributed by atoms with Crippen LogP contribution in [0.1, 0.15) is 22.3 Å². The van der Waals surface area contributed by atoms with E-state index in [0.29, 0.717) is 5.75 Å². The Balaban J connectivity index is 1.37. The highest BCUT2D eigenvalue weighted by Crippen LogP contribution is 2.25. The number of rotatable bonds is 9. The van der Waals surface area contributed by atoms with Gasteiger partial charge in [0, 0.05) is 0 Å². The average Bonchev–Trinajstić information content (AvgIpc) is 2.82. The fraction of sp³-hybridized carbons (Fsp3) is 0.172. The first-order chi connectivity index (χ1) is 15.7. The fourth-order valence-corrected chi connectivity index (χ4v) is 3.78. The second-order valence-corrected chi connectivity index (χ2v) is 7.92. The van der Waals surface area contributed by atoms with Gasteiger partial charge in [0.2, 0.25) is 0 Å². The molecule has 0 aromatic heterocycles. The predicted octanol–water partition coefficient (Wildman–Crippen LogP) is 6.76. The van der Waals surface area contributed by atoms with Crippen LogP contribution in [-0.2, 0) is 25.7 Å². The molecule has 4 rings (SSSR count). The third-order valence-corrected chi connectivity index (χ3v) is 5.48. The van der Waals surface area contributed by atoms with E-state index in [4.69, 9.17) is 9.47 Å². The summed E-state index contributed by atoms with van der Waals surface area (Å²) in [6.45, 7) is 0. The third kappa shape index (κ3) is 6.14. The molecule has 0 amide bonds. The Kier molecular flexibility index (Phi) is 7.08. The Morgan fingerprint density at radius 2 is 0.938 bits per heavy atom. The van der Waals surface area contributed by atoms with E-state index in [1.807, 2.05) is 54.6 Å². The number of hydrogen-bond acceptors (Lipinski definition) is 3. The highest BCUT2D eigenvalue weighted by molar-refractivity contribution is 5.37. The Morgan fingerprint density at radius 3 is 1.41 bits per heavy atom. The summed E-state index contributed by atoms with van der Waals surface area (Å²) in [6, 6.07) is 32.1. The number of benzene rings is 4. The lowest BCUT2D eigenvalue weighted by molar-refractivity contribution is 0.414. The molecule has 0 unspecified atom stereocenters. The van der Waals surface area contributed by atoms with Gasteiger partial charge in [0.15, 0.2) is 0 Å². The predicted molar refractivity (Wildman–Crippen MR) is 129 cm³/mol. The van der Waals surface area contributed by atoms with Crippen LogP contribution in [0.4, 0.5) is 0 Å². The first-order valence-corrected chi connectivity index (χ1v) is 10.9. The molecule has 0 atom stereocenters. The molecule has 0 spiro atoms. The van der Waals surface area contributed by atoms with Crippen molar-refractivity contribution in [3.8, 4) is 23.0 Å². The monoisotopic (exact) mass is 424 g/mol. The van der Waals surface area contributed by atoms with Crippen LogP contribution in [0, 0.1) is 0 Å². The summed E-state index contributed by atoms with van der Waals surface area (Å²) in [5.74, 6) is 2.89. The van der Waals surface area contributed by atoms with Crippen molar-refractivity contribution in [1.29, 1.82) is 0 Å². The maximum atomic E-state index is 9.64. The van der Waals surface area contributed by atoms with Gasteiger partial charge < -0.3 is 14.6 Å². The highest BCUT2D eigenvalue weighted by atomic mass is 16.5. The minimum Gasteiger partial charge on any atom is -0.508 e. The zero-order chi connectivity index (χ0) is 22.2. The lowest BCUT2D eigenvalue weighted by atomic mass is 10.0. The van der Waals surface area contributed by atoms with Crippen molar-refractivity contribution in [2.24, 2.45) is 0 Å². The van der Waals surface area contributed by atoms with E-state index in [2.05, 4.69) is 36.4 Å². The van der Waals surface area contributed by atoms with E-state index in [1.165, 1.54) is 16.7 Å². The van der Waals surface area contributed by atoms with Crippen LogP contribution in [0.25, 0.3) is 0 Å². The molecular weight excluding hydrogens is 396 g/mol. The topological polar surface area (TPSA) is 38.7 Å². The highest BCUT2D eigenvalue weighted by Gasteiger charge is 2.04. The van der Waals surface area contributed by atoms with Crippen LogP contribution in [0.2, 0.25) is 0 Å². The first-order valence-electron chi connectivity index (χ1n) is 10.9. The van der Waals surface area contributed by atoms with Crippen LogP contribution in [-0.4, -0.2) is 12.2 Å². The maximum Gasteiger partial charge on any atom is 0.127 e. The van der Waals surface area contributed by atoms with Crippen LogP contribution >= 0.6 is 0 Å². The molecule has 0 saturated carbocycles. The second kappa shape index (κ2) is 10.5. The number of methoxy groups -OCH3 is 1.